The van der Waals surface area contributed by atoms with Crippen molar-refractivity contribution in [3.05, 3.63) is 17.8 Å². The van der Waals surface area contributed by atoms with Crippen molar-refractivity contribution in [2.24, 2.45) is 0 Å². The van der Waals surface area contributed by atoms with Gasteiger partial charge in [-0.2, -0.15) is 17.9 Å². The monoisotopic (exact) mass is 428 g/mol. The second-order valence-electron chi connectivity index (χ2n) is 6.70. The molecule has 0 aromatic carbocycles. The third-order valence-corrected chi connectivity index (χ3v) is 5.93. The molecule has 1 atom stereocenters. The molecule has 2 aliphatic heterocycles. The average Bonchev–Trinajstić information content (AvgIpc) is 3.12. The van der Waals surface area contributed by atoms with Gasteiger partial charge in [0, 0.05) is 32.7 Å². The van der Waals surface area contributed by atoms with E-state index in [2.05, 4.69) is 9.71 Å². The molecule has 158 valence electrons. The number of halogens is 4. The first-order valence-corrected chi connectivity index (χ1v) is 10.2. The molecule has 2 saturated heterocycles. The molecule has 1 N–H and O–H groups in total. The van der Waals surface area contributed by atoms with Crippen molar-refractivity contribution in [3.8, 4) is 5.88 Å². The third-order valence-electron chi connectivity index (χ3n) is 4.51. The molecule has 12 heteroatoms. The molecule has 0 aliphatic carbocycles. The Hall–Kier alpha value is -1.50. The molecule has 7 nitrogen and oxygen atoms in total. The molecule has 1 unspecified atom stereocenters. The Morgan fingerprint density at radius 2 is 2.00 bits per heavy atom. The first kappa shape index (κ1) is 21.2. The van der Waals surface area contributed by atoms with Crippen LogP contribution in [0.5, 0.6) is 5.88 Å². The number of ether oxygens (including phenoxy) is 3. The summed E-state index contributed by atoms with van der Waals surface area (Å²) < 4.78 is 96.8. The zero-order chi connectivity index (χ0) is 20.4. The lowest BCUT2D eigenvalue weighted by molar-refractivity contribution is -0.140. The fraction of sp³-hybridized carbons (Fsp3) is 0.688. The van der Waals surface area contributed by atoms with Crippen LogP contribution in [-0.2, 0) is 25.7 Å². The van der Waals surface area contributed by atoms with Gasteiger partial charge in [0.05, 0.1) is 6.20 Å². The number of aromatic nitrogens is 1. The summed E-state index contributed by atoms with van der Waals surface area (Å²) in [5.74, 6) is -0.868. The maximum Gasteiger partial charge on any atom is 0.421 e. The third kappa shape index (κ3) is 5.10. The lowest BCUT2D eigenvalue weighted by Crippen LogP contribution is -2.38. The molecule has 0 bridgehead atoms. The van der Waals surface area contributed by atoms with Gasteiger partial charge in [-0.25, -0.2) is 17.8 Å². The summed E-state index contributed by atoms with van der Waals surface area (Å²) in [6.07, 6.45) is -3.94. The highest BCUT2D eigenvalue weighted by atomic mass is 32.2. The fourth-order valence-electron chi connectivity index (χ4n) is 2.89. The number of nitrogens with zero attached hydrogens (tertiary/aromatic N) is 1. The van der Waals surface area contributed by atoms with Crippen molar-refractivity contribution in [1.82, 2.24) is 9.71 Å². The van der Waals surface area contributed by atoms with E-state index in [0.717, 1.165) is 6.20 Å². The minimum atomic E-state index is -4.93. The second-order valence-corrected chi connectivity index (χ2v) is 8.41. The zero-order valence-electron chi connectivity index (χ0n) is 14.8. The van der Waals surface area contributed by atoms with Gasteiger partial charge in [0.2, 0.25) is 15.9 Å². The van der Waals surface area contributed by atoms with Crippen LogP contribution in [0.1, 0.15) is 31.2 Å². The predicted octanol–water partition coefficient (Wildman–Crippen LogP) is 2.41. The number of sulfonamides is 1. The lowest BCUT2D eigenvalue weighted by Gasteiger charge is -2.29. The Labute approximate surface area is 159 Å². The van der Waals surface area contributed by atoms with Crippen molar-refractivity contribution in [2.75, 3.05) is 26.4 Å². The normalized spacial score (nSPS) is 22.9. The summed E-state index contributed by atoms with van der Waals surface area (Å²) in [6.45, 7) is 0.0196. The highest BCUT2D eigenvalue weighted by Crippen LogP contribution is 2.37. The Balaban J connectivity index is 1.81. The summed E-state index contributed by atoms with van der Waals surface area (Å²) in [4.78, 5) is 2.82. The molecule has 0 amide bonds. The molecular formula is C16H20F4N2O5S. The minimum Gasteiger partial charge on any atom is -0.474 e. The van der Waals surface area contributed by atoms with Crippen molar-refractivity contribution in [3.63, 3.8) is 0 Å². The second kappa shape index (κ2) is 8.09. The Morgan fingerprint density at radius 3 is 2.61 bits per heavy atom. The number of rotatable bonds is 6. The van der Waals surface area contributed by atoms with E-state index >= 15 is 0 Å². The van der Waals surface area contributed by atoms with E-state index in [9.17, 15) is 26.0 Å². The van der Waals surface area contributed by atoms with Gasteiger partial charge in [-0.1, -0.05) is 0 Å². The molecule has 3 heterocycles. The van der Waals surface area contributed by atoms with Gasteiger partial charge in [-0.15, -0.1) is 0 Å². The Kier molecular flexibility index (Phi) is 6.13. The molecule has 3 rings (SSSR count). The van der Waals surface area contributed by atoms with Gasteiger partial charge in [0.1, 0.15) is 29.0 Å². The van der Waals surface area contributed by atoms with Gasteiger partial charge in [0.25, 0.3) is 0 Å². The van der Waals surface area contributed by atoms with Crippen LogP contribution in [0.15, 0.2) is 17.2 Å². The van der Waals surface area contributed by atoms with Crippen molar-refractivity contribution >= 4 is 10.0 Å². The SMILES string of the molecule is O=S(=O)(NC1CCCO1)c1cnc(OCC2(F)CCOCC2)c(C(F)(F)F)c1. The number of hydrogen-bond donors (Lipinski definition) is 1. The lowest BCUT2D eigenvalue weighted by atomic mass is 9.98. The van der Waals surface area contributed by atoms with Crippen LogP contribution < -0.4 is 9.46 Å². The molecule has 0 radical (unpaired) electrons. The van der Waals surface area contributed by atoms with E-state index in [1.54, 1.807) is 0 Å². The molecule has 0 saturated carbocycles. The quantitative estimate of drug-likeness (QED) is 0.701. The zero-order valence-corrected chi connectivity index (χ0v) is 15.6. The van der Waals surface area contributed by atoms with Crippen LogP contribution >= 0.6 is 0 Å². The highest BCUT2D eigenvalue weighted by Gasteiger charge is 2.39. The molecule has 1 aromatic heterocycles. The van der Waals surface area contributed by atoms with Crippen molar-refractivity contribution < 1.29 is 40.2 Å². The standard InChI is InChI=1S/C16H20F4N2O5S/c17-15(3-6-25-7-4-15)10-27-14-12(16(18,19)20)8-11(9-21-14)28(23,24)22-13-2-1-5-26-13/h8-9,13,22H,1-7,10H2. The Bertz CT molecular complexity index is 791. The van der Waals surface area contributed by atoms with Gasteiger partial charge < -0.3 is 14.2 Å². The summed E-state index contributed by atoms with van der Waals surface area (Å²) in [7, 11) is -4.27. The van der Waals surface area contributed by atoms with E-state index in [4.69, 9.17) is 14.2 Å². The smallest absolute Gasteiger partial charge is 0.421 e. The van der Waals surface area contributed by atoms with Crippen LogP contribution in [0.4, 0.5) is 17.6 Å². The van der Waals surface area contributed by atoms with E-state index in [1.165, 1.54) is 0 Å². The van der Waals surface area contributed by atoms with Gasteiger partial charge >= 0.3 is 6.18 Å². The largest absolute Gasteiger partial charge is 0.474 e. The van der Waals surface area contributed by atoms with Crippen LogP contribution in [0, 0.1) is 0 Å². The van der Waals surface area contributed by atoms with E-state index < -0.39 is 51.0 Å². The number of alkyl halides is 4. The maximum absolute atomic E-state index is 14.5. The van der Waals surface area contributed by atoms with Crippen LogP contribution in [0.2, 0.25) is 0 Å². The fourth-order valence-corrected chi connectivity index (χ4v) is 4.02. The predicted molar refractivity (Wildman–Crippen MR) is 87.9 cm³/mol. The molecule has 2 aliphatic rings. The van der Waals surface area contributed by atoms with Gasteiger partial charge in [-0.05, 0) is 18.9 Å². The average molecular weight is 428 g/mol. The van der Waals surface area contributed by atoms with Crippen LogP contribution in [0.25, 0.3) is 0 Å². The van der Waals surface area contributed by atoms with Gasteiger partial charge in [0.15, 0.2) is 0 Å². The first-order chi connectivity index (χ1) is 13.1. The van der Waals surface area contributed by atoms with E-state index in [-0.39, 0.29) is 26.1 Å². The summed E-state index contributed by atoms with van der Waals surface area (Å²) in [6, 6.07) is 0.425. The van der Waals surface area contributed by atoms with Crippen LogP contribution in [-0.4, -0.2) is 51.7 Å². The number of hydrogen-bond acceptors (Lipinski definition) is 6. The molecule has 0 spiro atoms. The highest BCUT2D eigenvalue weighted by molar-refractivity contribution is 7.89. The van der Waals surface area contributed by atoms with Gasteiger partial charge in [-0.3, -0.25) is 0 Å². The van der Waals surface area contributed by atoms with Crippen molar-refractivity contribution in [2.45, 2.75) is 48.7 Å². The first-order valence-electron chi connectivity index (χ1n) is 8.70. The molecular weight excluding hydrogens is 408 g/mol. The minimum absolute atomic E-state index is 0.00782. The van der Waals surface area contributed by atoms with E-state index in [1.807, 2.05) is 0 Å². The molecule has 1 aromatic rings. The molecule has 2 fully saturated rings. The Morgan fingerprint density at radius 1 is 1.29 bits per heavy atom. The van der Waals surface area contributed by atoms with E-state index in [0.29, 0.717) is 25.5 Å². The van der Waals surface area contributed by atoms with Crippen LogP contribution in [0.3, 0.4) is 0 Å². The molecule has 28 heavy (non-hydrogen) atoms. The van der Waals surface area contributed by atoms with Crippen molar-refractivity contribution in [1.29, 1.82) is 0 Å². The maximum atomic E-state index is 14.5. The topological polar surface area (TPSA) is 86.8 Å². The summed E-state index contributed by atoms with van der Waals surface area (Å²) in [5.41, 5.74) is -3.21. The number of nitrogens with one attached hydrogen (secondary N) is 1. The summed E-state index contributed by atoms with van der Waals surface area (Å²) in [5, 5.41) is 0. The summed E-state index contributed by atoms with van der Waals surface area (Å²) >= 11 is 0. The number of pyridine rings is 1.